The SMILES string of the molecule is COC[C@@H](O)[C@@H](O)[C@@H](O)CO. The number of rotatable bonds is 5. The quantitative estimate of drug-likeness (QED) is 0.369. The molecule has 68 valence electrons. The van der Waals surface area contributed by atoms with E-state index in [0.717, 1.165) is 0 Å². The molecule has 0 spiro atoms. The zero-order valence-electron chi connectivity index (χ0n) is 6.34. The third-order valence-corrected chi connectivity index (χ3v) is 1.31. The van der Waals surface area contributed by atoms with Crippen LogP contribution in [0.4, 0.5) is 0 Å². The Morgan fingerprint density at radius 2 is 1.73 bits per heavy atom. The minimum absolute atomic E-state index is 0.0712. The molecule has 0 saturated carbocycles. The van der Waals surface area contributed by atoms with E-state index in [-0.39, 0.29) is 6.61 Å². The van der Waals surface area contributed by atoms with Crippen molar-refractivity contribution >= 4 is 0 Å². The first kappa shape index (κ1) is 10.8. The summed E-state index contributed by atoms with van der Waals surface area (Å²) < 4.78 is 4.52. The number of hydrogen-bond acceptors (Lipinski definition) is 5. The lowest BCUT2D eigenvalue weighted by atomic mass is 10.1. The Hall–Kier alpha value is -0.200. The van der Waals surface area contributed by atoms with Gasteiger partial charge in [-0.15, -0.1) is 0 Å². The molecule has 0 saturated heterocycles. The van der Waals surface area contributed by atoms with Gasteiger partial charge in [0.2, 0.25) is 0 Å². The molecule has 0 aromatic carbocycles. The van der Waals surface area contributed by atoms with Gasteiger partial charge in [0.15, 0.2) is 0 Å². The van der Waals surface area contributed by atoms with Crippen LogP contribution < -0.4 is 0 Å². The van der Waals surface area contributed by atoms with Gasteiger partial charge in [0.25, 0.3) is 0 Å². The van der Waals surface area contributed by atoms with Crippen molar-refractivity contribution < 1.29 is 25.2 Å². The fourth-order valence-corrected chi connectivity index (χ4v) is 0.634. The molecule has 0 aromatic rings. The zero-order valence-corrected chi connectivity index (χ0v) is 6.34. The van der Waals surface area contributed by atoms with Crippen molar-refractivity contribution in [1.82, 2.24) is 0 Å². The molecule has 0 aliphatic carbocycles. The first-order chi connectivity index (χ1) is 5.13. The van der Waals surface area contributed by atoms with Crippen molar-refractivity contribution in [3.8, 4) is 0 Å². The molecule has 0 unspecified atom stereocenters. The van der Waals surface area contributed by atoms with Crippen LogP contribution >= 0.6 is 0 Å². The molecular formula is C6H14O5. The maximum absolute atomic E-state index is 8.98. The predicted molar refractivity (Wildman–Crippen MR) is 37.0 cm³/mol. The van der Waals surface area contributed by atoms with Gasteiger partial charge in [-0.05, 0) is 0 Å². The van der Waals surface area contributed by atoms with E-state index in [9.17, 15) is 0 Å². The lowest BCUT2D eigenvalue weighted by Crippen LogP contribution is -2.41. The highest BCUT2D eigenvalue weighted by atomic mass is 16.5. The molecule has 5 heteroatoms. The molecule has 5 nitrogen and oxygen atoms in total. The summed E-state index contributed by atoms with van der Waals surface area (Å²) >= 11 is 0. The van der Waals surface area contributed by atoms with Gasteiger partial charge in [-0.2, -0.15) is 0 Å². The first-order valence-electron chi connectivity index (χ1n) is 3.27. The fraction of sp³-hybridized carbons (Fsp3) is 1.00. The maximum Gasteiger partial charge on any atom is 0.110 e. The van der Waals surface area contributed by atoms with Gasteiger partial charge in [0.1, 0.15) is 18.3 Å². The van der Waals surface area contributed by atoms with Gasteiger partial charge in [0, 0.05) is 7.11 Å². The van der Waals surface area contributed by atoms with E-state index in [1.807, 2.05) is 0 Å². The van der Waals surface area contributed by atoms with E-state index < -0.39 is 24.9 Å². The van der Waals surface area contributed by atoms with E-state index in [1.54, 1.807) is 0 Å². The smallest absolute Gasteiger partial charge is 0.110 e. The van der Waals surface area contributed by atoms with Crippen LogP contribution in [0.1, 0.15) is 0 Å². The number of ether oxygens (including phenoxy) is 1. The summed E-state index contributed by atoms with van der Waals surface area (Å²) in [7, 11) is 1.36. The molecule has 0 aliphatic heterocycles. The fourth-order valence-electron chi connectivity index (χ4n) is 0.634. The third kappa shape index (κ3) is 3.64. The molecule has 0 aromatic heterocycles. The standard InChI is InChI=1S/C6H14O5/c1-11-3-5(9)6(10)4(8)2-7/h4-10H,2-3H2,1H3/t4-,5+,6-/m0/s1. The Kier molecular flexibility index (Phi) is 5.35. The predicted octanol–water partition coefficient (Wildman–Crippen LogP) is -2.29. The molecule has 0 heterocycles. The maximum atomic E-state index is 8.98. The van der Waals surface area contributed by atoms with Crippen LogP contribution in [0.15, 0.2) is 0 Å². The van der Waals surface area contributed by atoms with E-state index in [1.165, 1.54) is 7.11 Å². The van der Waals surface area contributed by atoms with Crippen molar-refractivity contribution in [3.05, 3.63) is 0 Å². The highest BCUT2D eigenvalue weighted by Gasteiger charge is 2.23. The lowest BCUT2D eigenvalue weighted by Gasteiger charge is -2.20. The molecule has 0 rings (SSSR count). The summed E-state index contributed by atoms with van der Waals surface area (Å²) in [5, 5.41) is 35.1. The number of hydrogen-bond donors (Lipinski definition) is 4. The molecule has 3 atom stereocenters. The number of aliphatic hydroxyl groups excluding tert-OH is 4. The summed E-state index contributed by atoms with van der Waals surface area (Å²) in [6, 6.07) is 0. The molecule has 0 aliphatic rings. The van der Waals surface area contributed by atoms with Gasteiger partial charge in [-0.1, -0.05) is 0 Å². The summed E-state index contributed by atoms with van der Waals surface area (Å²) in [5.74, 6) is 0. The third-order valence-electron chi connectivity index (χ3n) is 1.31. The second kappa shape index (κ2) is 5.45. The van der Waals surface area contributed by atoms with E-state index in [4.69, 9.17) is 20.4 Å². The van der Waals surface area contributed by atoms with Crippen molar-refractivity contribution in [2.24, 2.45) is 0 Å². The van der Waals surface area contributed by atoms with Gasteiger partial charge in [-0.25, -0.2) is 0 Å². The Balaban J connectivity index is 3.70. The Bertz CT molecular complexity index is 97.0. The highest BCUT2D eigenvalue weighted by molar-refractivity contribution is 4.73. The van der Waals surface area contributed by atoms with E-state index in [2.05, 4.69) is 4.74 Å². The van der Waals surface area contributed by atoms with Crippen LogP contribution in [0.2, 0.25) is 0 Å². The molecule has 4 N–H and O–H groups in total. The van der Waals surface area contributed by atoms with Crippen molar-refractivity contribution in [1.29, 1.82) is 0 Å². The van der Waals surface area contributed by atoms with Crippen molar-refractivity contribution in [2.75, 3.05) is 20.3 Å². The molecule has 0 amide bonds. The monoisotopic (exact) mass is 166 g/mol. The molecule has 0 radical (unpaired) electrons. The molecule has 0 bridgehead atoms. The average Bonchev–Trinajstić information content (AvgIpc) is 2.02. The normalized spacial score (nSPS) is 19.4. The number of methoxy groups -OCH3 is 1. The largest absolute Gasteiger partial charge is 0.394 e. The van der Waals surface area contributed by atoms with Crippen LogP contribution in [0, 0.1) is 0 Å². The van der Waals surface area contributed by atoms with Crippen LogP contribution in [-0.2, 0) is 4.74 Å². The second-order valence-electron chi connectivity index (χ2n) is 2.26. The minimum Gasteiger partial charge on any atom is -0.394 e. The van der Waals surface area contributed by atoms with Crippen LogP contribution in [0.25, 0.3) is 0 Å². The van der Waals surface area contributed by atoms with Crippen molar-refractivity contribution in [2.45, 2.75) is 18.3 Å². The summed E-state index contributed by atoms with van der Waals surface area (Å²) in [6.07, 6.45) is -3.85. The van der Waals surface area contributed by atoms with Gasteiger partial charge < -0.3 is 25.2 Å². The van der Waals surface area contributed by atoms with E-state index in [0.29, 0.717) is 0 Å². The Morgan fingerprint density at radius 3 is 2.09 bits per heavy atom. The summed E-state index contributed by atoms with van der Waals surface area (Å²) in [4.78, 5) is 0. The highest BCUT2D eigenvalue weighted by Crippen LogP contribution is 1.99. The first-order valence-corrected chi connectivity index (χ1v) is 3.27. The average molecular weight is 166 g/mol. The Labute approximate surface area is 64.9 Å². The van der Waals surface area contributed by atoms with Gasteiger partial charge in [0.05, 0.1) is 13.2 Å². The molecular weight excluding hydrogens is 152 g/mol. The van der Waals surface area contributed by atoms with Crippen LogP contribution in [-0.4, -0.2) is 59.1 Å². The summed E-state index contributed by atoms with van der Waals surface area (Å²) in [5.41, 5.74) is 0. The lowest BCUT2D eigenvalue weighted by molar-refractivity contribution is -0.0947. The number of aliphatic hydroxyl groups is 4. The molecule has 0 fully saturated rings. The minimum atomic E-state index is -1.36. The van der Waals surface area contributed by atoms with Gasteiger partial charge >= 0.3 is 0 Å². The van der Waals surface area contributed by atoms with Gasteiger partial charge in [-0.3, -0.25) is 0 Å². The van der Waals surface area contributed by atoms with Crippen LogP contribution in [0.5, 0.6) is 0 Å². The summed E-state index contributed by atoms with van der Waals surface area (Å²) in [6.45, 7) is -0.653. The van der Waals surface area contributed by atoms with Crippen molar-refractivity contribution in [3.63, 3.8) is 0 Å². The molecule has 11 heavy (non-hydrogen) atoms. The Morgan fingerprint density at radius 1 is 1.18 bits per heavy atom. The zero-order chi connectivity index (χ0) is 8.85. The van der Waals surface area contributed by atoms with E-state index >= 15 is 0 Å². The second-order valence-corrected chi connectivity index (χ2v) is 2.26. The topological polar surface area (TPSA) is 90.2 Å². The van der Waals surface area contributed by atoms with Crippen LogP contribution in [0.3, 0.4) is 0 Å².